The molecular formula is C32H42N8O3. The van der Waals surface area contributed by atoms with E-state index in [2.05, 4.69) is 39.8 Å². The Morgan fingerprint density at radius 3 is 2.05 bits per heavy atom. The third-order valence-electron chi connectivity index (χ3n) is 8.94. The Labute approximate surface area is 253 Å². The van der Waals surface area contributed by atoms with Gasteiger partial charge in [0.1, 0.15) is 0 Å². The first-order chi connectivity index (χ1) is 20.5. The summed E-state index contributed by atoms with van der Waals surface area (Å²) in [7, 11) is 6.98. The number of aryl methyl sites for hydroxylation is 2. The number of hydrogen-bond acceptors (Lipinski definition) is 7. The lowest BCUT2D eigenvalue weighted by Gasteiger charge is -2.37. The Kier molecular flexibility index (Phi) is 8.64. The molecule has 2 heterocycles. The minimum Gasteiger partial charge on any atom is -0.345 e. The SMILES string of the molecule is C[C@@H]1CCCN1C(=O)CN[C@@H](C)CC1(c2nnn[nH]2)c2ccc(C(=O)N(C)C)cc2CCc2cc(C(=O)N(C)C)ccc21. The van der Waals surface area contributed by atoms with Crippen molar-refractivity contribution < 1.29 is 14.4 Å². The van der Waals surface area contributed by atoms with E-state index >= 15 is 0 Å². The van der Waals surface area contributed by atoms with E-state index in [1.165, 1.54) is 0 Å². The van der Waals surface area contributed by atoms with Crippen molar-refractivity contribution >= 4 is 17.7 Å². The predicted octanol–water partition coefficient (Wildman–Crippen LogP) is 2.42. The monoisotopic (exact) mass is 586 g/mol. The summed E-state index contributed by atoms with van der Waals surface area (Å²) in [5, 5.41) is 19.0. The average Bonchev–Trinajstić information content (AvgIpc) is 3.67. The number of amides is 3. The van der Waals surface area contributed by atoms with Crippen molar-refractivity contribution in [1.29, 1.82) is 0 Å². The fourth-order valence-corrected chi connectivity index (χ4v) is 6.74. The molecule has 2 aliphatic rings. The summed E-state index contributed by atoms with van der Waals surface area (Å²) in [6, 6.07) is 11.9. The second kappa shape index (κ2) is 12.2. The van der Waals surface area contributed by atoms with Crippen LogP contribution in [-0.4, -0.2) is 106 Å². The number of carbonyl (C=O) groups is 3. The Morgan fingerprint density at radius 2 is 1.58 bits per heavy atom. The first-order valence-corrected chi connectivity index (χ1v) is 15.0. The zero-order chi connectivity index (χ0) is 30.9. The van der Waals surface area contributed by atoms with Gasteiger partial charge in [0.15, 0.2) is 5.82 Å². The Bertz CT molecular complexity index is 1430. The van der Waals surface area contributed by atoms with Crippen molar-refractivity contribution in [2.75, 3.05) is 41.3 Å². The van der Waals surface area contributed by atoms with Gasteiger partial charge >= 0.3 is 0 Å². The van der Waals surface area contributed by atoms with Gasteiger partial charge in [-0.2, -0.15) is 0 Å². The number of rotatable bonds is 8. The maximum absolute atomic E-state index is 13.1. The predicted molar refractivity (Wildman–Crippen MR) is 163 cm³/mol. The molecule has 0 saturated carbocycles. The van der Waals surface area contributed by atoms with Gasteiger partial charge in [-0.3, -0.25) is 14.4 Å². The van der Waals surface area contributed by atoms with Gasteiger partial charge in [0, 0.05) is 57.9 Å². The van der Waals surface area contributed by atoms with E-state index in [0.29, 0.717) is 36.2 Å². The number of nitrogens with zero attached hydrogens (tertiary/aromatic N) is 6. The molecule has 1 aliphatic carbocycles. The van der Waals surface area contributed by atoms with Crippen LogP contribution in [0.5, 0.6) is 0 Å². The fourth-order valence-electron chi connectivity index (χ4n) is 6.74. The highest BCUT2D eigenvalue weighted by Crippen LogP contribution is 2.47. The standard InChI is InChI=1S/C32H42N8O3/c1-20(33-19-28(41)40-15-7-8-21(40)2)18-32(31-34-36-37-35-31)26-13-11-24(29(42)38(3)4)16-22(26)9-10-23-17-25(12-14-27(23)32)30(43)39(5)6/h11-14,16-17,20-21,33H,7-10,15,18-19H2,1-6H3,(H,34,35,36,37)/t20-,21+/m0/s1. The van der Waals surface area contributed by atoms with Crippen molar-refractivity contribution in [3.8, 4) is 0 Å². The van der Waals surface area contributed by atoms with Gasteiger partial charge in [-0.15, -0.1) is 5.10 Å². The van der Waals surface area contributed by atoms with Gasteiger partial charge in [0.2, 0.25) is 5.91 Å². The lowest BCUT2D eigenvalue weighted by molar-refractivity contribution is -0.130. The molecule has 11 heteroatoms. The number of fused-ring (bicyclic) bond motifs is 2. The summed E-state index contributed by atoms with van der Waals surface area (Å²) in [6.45, 7) is 5.21. The smallest absolute Gasteiger partial charge is 0.253 e. The van der Waals surface area contributed by atoms with Crippen molar-refractivity contribution in [3.63, 3.8) is 0 Å². The van der Waals surface area contributed by atoms with Crippen LogP contribution in [-0.2, 0) is 23.1 Å². The first-order valence-electron chi connectivity index (χ1n) is 15.0. The summed E-state index contributed by atoms with van der Waals surface area (Å²) in [6.07, 6.45) is 3.95. The van der Waals surface area contributed by atoms with Crippen LogP contribution in [0.1, 0.15) is 81.9 Å². The van der Waals surface area contributed by atoms with E-state index in [1.807, 2.05) is 41.3 Å². The number of benzene rings is 2. The number of aromatic amines is 1. The summed E-state index contributed by atoms with van der Waals surface area (Å²) in [5.41, 5.74) is 4.43. The van der Waals surface area contributed by atoms with Gasteiger partial charge in [0.25, 0.3) is 11.8 Å². The second-order valence-corrected chi connectivity index (χ2v) is 12.4. The number of carbonyl (C=O) groups excluding carboxylic acids is 3. The summed E-state index contributed by atoms with van der Waals surface area (Å²) in [4.78, 5) is 44.1. The molecule has 43 heavy (non-hydrogen) atoms. The third kappa shape index (κ3) is 5.78. The largest absolute Gasteiger partial charge is 0.345 e. The zero-order valence-corrected chi connectivity index (χ0v) is 26.0. The third-order valence-corrected chi connectivity index (χ3v) is 8.94. The van der Waals surface area contributed by atoms with Gasteiger partial charge in [-0.05, 0) is 103 Å². The second-order valence-electron chi connectivity index (χ2n) is 12.4. The summed E-state index contributed by atoms with van der Waals surface area (Å²) >= 11 is 0. The molecule has 1 aromatic heterocycles. The lowest BCUT2D eigenvalue weighted by atomic mass is 9.67. The summed E-state index contributed by atoms with van der Waals surface area (Å²) < 4.78 is 0. The van der Waals surface area contributed by atoms with Crippen molar-refractivity contribution in [1.82, 2.24) is 40.6 Å². The highest BCUT2D eigenvalue weighted by atomic mass is 16.2. The number of nitrogens with one attached hydrogen (secondary N) is 2. The van der Waals surface area contributed by atoms with E-state index in [-0.39, 0.29) is 36.3 Å². The van der Waals surface area contributed by atoms with Crippen LogP contribution in [0.25, 0.3) is 0 Å². The highest BCUT2D eigenvalue weighted by molar-refractivity contribution is 5.95. The van der Waals surface area contributed by atoms with Crippen LogP contribution in [0.2, 0.25) is 0 Å². The van der Waals surface area contributed by atoms with Crippen molar-refractivity contribution in [2.24, 2.45) is 0 Å². The van der Waals surface area contributed by atoms with Crippen LogP contribution in [0.15, 0.2) is 36.4 Å². The number of hydrogen-bond donors (Lipinski definition) is 2. The highest BCUT2D eigenvalue weighted by Gasteiger charge is 2.45. The van der Waals surface area contributed by atoms with Crippen LogP contribution >= 0.6 is 0 Å². The maximum Gasteiger partial charge on any atom is 0.253 e. The Hall–Kier alpha value is -4.12. The molecule has 3 aromatic rings. The van der Waals surface area contributed by atoms with Crippen LogP contribution in [0.3, 0.4) is 0 Å². The van der Waals surface area contributed by atoms with E-state index in [0.717, 1.165) is 41.6 Å². The van der Waals surface area contributed by atoms with E-state index < -0.39 is 5.41 Å². The number of aromatic nitrogens is 4. The molecule has 2 aromatic carbocycles. The van der Waals surface area contributed by atoms with Crippen molar-refractivity contribution in [3.05, 3.63) is 75.6 Å². The van der Waals surface area contributed by atoms with E-state index in [1.54, 1.807) is 38.0 Å². The normalized spacial score (nSPS) is 17.9. The topological polar surface area (TPSA) is 127 Å². The Morgan fingerprint density at radius 1 is 1.00 bits per heavy atom. The van der Waals surface area contributed by atoms with Crippen molar-refractivity contribution in [2.45, 2.75) is 63.5 Å². The summed E-state index contributed by atoms with van der Waals surface area (Å²) in [5.74, 6) is 0.538. The van der Waals surface area contributed by atoms with Gasteiger partial charge < -0.3 is 20.0 Å². The molecule has 1 saturated heterocycles. The molecule has 0 spiro atoms. The van der Waals surface area contributed by atoms with Gasteiger partial charge in [-0.25, -0.2) is 5.10 Å². The molecule has 11 nitrogen and oxygen atoms in total. The first kappa shape index (κ1) is 30.3. The molecule has 3 amide bonds. The quantitative estimate of drug-likeness (QED) is 0.415. The molecular weight excluding hydrogens is 544 g/mol. The minimum absolute atomic E-state index is 0.0694. The molecule has 0 unspecified atom stereocenters. The molecule has 0 radical (unpaired) electrons. The van der Waals surface area contributed by atoms with Crippen LogP contribution in [0, 0.1) is 0 Å². The lowest BCUT2D eigenvalue weighted by Crippen LogP contribution is -2.45. The number of likely N-dealkylation sites (tertiary alicyclic amines) is 1. The van der Waals surface area contributed by atoms with Crippen LogP contribution < -0.4 is 5.32 Å². The molecule has 2 atom stereocenters. The average molecular weight is 587 g/mol. The molecule has 228 valence electrons. The van der Waals surface area contributed by atoms with Gasteiger partial charge in [-0.1, -0.05) is 12.1 Å². The van der Waals surface area contributed by atoms with E-state index in [4.69, 9.17) is 0 Å². The number of tetrazole rings is 1. The molecule has 5 rings (SSSR count). The molecule has 2 N–H and O–H groups in total. The maximum atomic E-state index is 13.1. The fraction of sp³-hybridized carbons (Fsp3) is 0.500. The zero-order valence-electron chi connectivity index (χ0n) is 26.0. The molecule has 1 fully saturated rings. The Balaban J connectivity index is 1.62. The van der Waals surface area contributed by atoms with Crippen LogP contribution in [0.4, 0.5) is 0 Å². The van der Waals surface area contributed by atoms with E-state index in [9.17, 15) is 14.4 Å². The molecule has 1 aliphatic heterocycles. The van der Waals surface area contributed by atoms with Gasteiger partial charge in [0.05, 0.1) is 12.0 Å². The molecule has 0 bridgehead atoms. The number of H-pyrrole nitrogens is 1. The minimum atomic E-state index is -0.833.